The zero-order chi connectivity index (χ0) is 15.7. The van der Waals surface area contributed by atoms with E-state index in [1.54, 1.807) is 0 Å². The molecular weight excluding hydrogens is 322 g/mol. The van der Waals surface area contributed by atoms with Gasteiger partial charge in [-0.2, -0.15) is 0 Å². The Balaban J connectivity index is 0.00000169. The van der Waals surface area contributed by atoms with Crippen molar-refractivity contribution in [3.63, 3.8) is 0 Å². The minimum atomic E-state index is 0. The van der Waals surface area contributed by atoms with Crippen molar-refractivity contribution in [2.45, 2.75) is 19.3 Å². The van der Waals surface area contributed by atoms with E-state index >= 15 is 0 Å². The Morgan fingerprint density at radius 3 is 2.42 bits per heavy atom. The van der Waals surface area contributed by atoms with Crippen LogP contribution in [0.5, 0.6) is 0 Å². The minimum Gasteiger partial charge on any atom is -0.351 e. The maximum absolute atomic E-state index is 12.7. The molecule has 0 atom stereocenters. The summed E-state index contributed by atoms with van der Waals surface area (Å²) in [6.07, 6.45) is 3.51. The highest BCUT2D eigenvalue weighted by Gasteiger charge is 2.38. The van der Waals surface area contributed by atoms with E-state index in [2.05, 4.69) is 22.4 Å². The summed E-state index contributed by atoms with van der Waals surface area (Å²) in [6.45, 7) is 4.00. The number of nitrogens with zero attached hydrogens (tertiary/aromatic N) is 1. The lowest BCUT2D eigenvalue weighted by atomic mass is 9.78. The van der Waals surface area contributed by atoms with Crippen LogP contribution in [0.3, 0.4) is 0 Å². The van der Waals surface area contributed by atoms with Gasteiger partial charge in [0, 0.05) is 25.3 Å². The third-order valence-electron chi connectivity index (χ3n) is 5.44. The average Bonchev–Trinajstić information content (AvgIpc) is 3.26. The molecule has 0 saturated carbocycles. The standard InChI is InChI=1S/C19H23N3O.ClH/c23-18(22-12-9-19(10-13-22)8-11-20-14-19)17-7-6-16(21-17)15-4-2-1-3-5-15;/h1-7,20-21H,8-14H2;1H. The molecule has 4 nitrogen and oxygen atoms in total. The van der Waals surface area contributed by atoms with Crippen molar-refractivity contribution in [3.8, 4) is 11.3 Å². The molecule has 24 heavy (non-hydrogen) atoms. The van der Waals surface area contributed by atoms with Gasteiger partial charge < -0.3 is 15.2 Å². The van der Waals surface area contributed by atoms with Crippen molar-refractivity contribution >= 4 is 18.3 Å². The van der Waals surface area contributed by atoms with Crippen LogP contribution in [0.1, 0.15) is 29.8 Å². The van der Waals surface area contributed by atoms with Crippen molar-refractivity contribution in [3.05, 3.63) is 48.2 Å². The van der Waals surface area contributed by atoms with Gasteiger partial charge in [0.05, 0.1) is 0 Å². The average molecular weight is 346 g/mol. The first kappa shape index (κ1) is 17.1. The number of rotatable bonds is 2. The van der Waals surface area contributed by atoms with Gasteiger partial charge in [0.2, 0.25) is 0 Å². The largest absolute Gasteiger partial charge is 0.351 e. The smallest absolute Gasteiger partial charge is 0.270 e. The van der Waals surface area contributed by atoms with Gasteiger partial charge >= 0.3 is 0 Å². The molecule has 2 aliphatic heterocycles. The normalized spacial score (nSPS) is 19.2. The van der Waals surface area contributed by atoms with E-state index in [1.807, 2.05) is 35.2 Å². The summed E-state index contributed by atoms with van der Waals surface area (Å²) < 4.78 is 0. The molecule has 0 aliphatic carbocycles. The Labute approximate surface area is 149 Å². The second-order valence-corrected chi connectivity index (χ2v) is 6.87. The number of H-pyrrole nitrogens is 1. The van der Waals surface area contributed by atoms with Crippen LogP contribution in [0.15, 0.2) is 42.5 Å². The third kappa shape index (κ3) is 3.21. The van der Waals surface area contributed by atoms with Crippen LogP contribution in [-0.4, -0.2) is 42.0 Å². The van der Waals surface area contributed by atoms with Gasteiger partial charge in [-0.05, 0) is 48.9 Å². The Morgan fingerprint density at radius 2 is 1.75 bits per heavy atom. The minimum absolute atomic E-state index is 0. The molecule has 1 amide bonds. The van der Waals surface area contributed by atoms with E-state index in [9.17, 15) is 4.79 Å². The molecule has 2 aromatic rings. The maximum Gasteiger partial charge on any atom is 0.270 e. The van der Waals surface area contributed by atoms with Gasteiger partial charge in [-0.1, -0.05) is 30.3 Å². The van der Waals surface area contributed by atoms with Crippen molar-refractivity contribution in [2.75, 3.05) is 26.2 Å². The van der Waals surface area contributed by atoms with E-state index in [0.29, 0.717) is 11.1 Å². The zero-order valence-electron chi connectivity index (χ0n) is 13.8. The summed E-state index contributed by atoms with van der Waals surface area (Å²) in [6, 6.07) is 14.0. The van der Waals surface area contributed by atoms with Gasteiger partial charge in [0.15, 0.2) is 0 Å². The summed E-state index contributed by atoms with van der Waals surface area (Å²) in [5.74, 6) is 0.132. The monoisotopic (exact) mass is 345 g/mol. The quantitative estimate of drug-likeness (QED) is 0.877. The molecule has 2 N–H and O–H groups in total. The first-order valence-corrected chi connectivity index (χ1v) is 8.50. The first-order valence-electron chi connectivity index (χ1n) is 8.50. The highest BCUT2D eigenvalue weighted by Crippen LogP contribution is 2.37. The lowest BCUT2D eigenvalue weighted by Gasteiger charge is -2.38. The summed E-state index contributed by atoms with van der Waals surface area (Å²) in [5, 5.41) is 3.47. The Kier molecular flexibility index (Phi) is 4.97. The Bertz CT molecular complexity index is 682. The molecule has 2 aliphatic rings. The van der Waals surface area contributed by atoms with Crippen LogP contribution in [-0.2, 0) is 0 Å². The SMILES string of the molecule is Cl.O=C(c1ccc(-c2ccccc2)[nH]1)N1CCC2(CCNC2)CC1. The topological polar surface area (TPSA) is 48.1 Å². The van der Waals surface area contributed by atoms with E-state index in [-0.39, 0.29) is 18.3 Å². The molecule has 4 rings (SSSR count). The van der Waals surface area contributed by atoms with Crippen LogP contribution in [0.2, 0.25) is 0 Å². The number of amides is 1. The van der Waals surface area contributed by atoms with Crippen molar-refractivity contribution in [1.29, 1.82) is 0 Å². The van der Waals surface area contributed by atoms with E-state index in [1.165, 1.54) is 6.42 Å². The molecular formula is C19H24ClN3O. The number of benzene rings is 1. The summed E-state index contributed by atoms with van der Waals surface area (Å²) >= 11 is 0. The van der Waals surface area contributed by atoms with E-state index in [0.717, 1.165) is 50.3 Å². The van der Waals surface area contributed by atoms with Gasteiger partial charge in [0.25, 0.3) is 5.91 Å². The highest BCUT2D eigenvalue weighted by molar-refractivity contribution is 5.93. The van der Waals surface area contributed by atoms with Gasteiger partial charge in [0.1, 0.15) is 5.69 Å². The fraction of sp³-hybridized carbons (Fsp3) is 0.421. The molecule has 2 fully saturated rings. The maximum atomic E-state index is 12.7. The molecule has 128 valence electrons. The molecule has 5 heteroatoms. The van der Waals surface area contributed by atoms with Crippen LogP contribution in [0.4, 0.5) is 0 Å². The van der Waals surface area contributed by atoms with Crippen LogP contribution in [0, 0.1) is 5.41 Å². The zero-order valence-corrected chi connectivity index (χ0v) is 14.6. The van der Waals surface area contributed by atoms with Crippen molar-refractivity contribution in [2.24, 2.45) is 5.41 Å². The second-order valence-electron chi connectivity index (χ2n) is 6.87. The molecule has 2 saturated heterocycles. The van der Waals surface area contributed by atoms with Gasteiger partial charge in [-0.25, -0.2) is 0 Å². The predicted octanol–water partition coefficient (Wildman–Crippen LogP) is 3.32. The molecule has 0 bridgehead atoms. The van der Waals surface area contributed by atoms with Crippen LogP contribution in [0.25, 0.3) is 11.3 Å². The molecule has 1 aromatic heterocycles. The Hall–Kier alpha value is -1.78. The van der Waals surface area contributed by atoms with Crippen LogP contribution >= 0.6 is 12.4 Å². The molecule has 3 heterocycles. The van der Waals surface area contributed by atoms with Gasteiger partial charge in [-0.3, -0.25) is 4.79 Å². The number of hydrogen-bond donors (Lipinski definition) is 2. The first-order chi connectivity index (χ1) is 11.3. The van der Waals surface area contributed by atoms with E-state index in [4.69, 9.17) is 0 Å². The van der Waals surface area contributed by atoms with Gasteiger partial charge in [-0.15, -0.1) is 12.4 Å². The molecule has 0 radical (unpaired) electrons. The van der Waals surface area contributed by atoms with Crippen molar-refractivity contribution < 1.29 is 4.79 Å². The van der Waals surface area contributed by atoms with E-state index < -0.39 is 0 Å². The number of carbonyl (C=O) groups excluding carboxylic acids is 1. The second kappa shape index (κ2) is 6.99. The van der Waals surface area contributed by atoms with Crippen molar-refractivity contribution in [1.82, 2.24) is 15.2 Å². The number of halogens is 1. The Morgan fingerprint density at radius 1 is 1.00 bits per heavy atom. The number of nitrogens with one attached hydrogen (secondary N) is 2. The van der Waals surface area contributed by atoms with Crippen LogP contribution < -0.4 is 5.32 Å². The fourth-order valence-electron chi connectivity index (χ4n) is 3.88. The number of aromatic nitrogens is 1. The number of carbonyl (C=O) groups is 1. The number of piperidine rings is 1. The molecule has 0 unspecified atom stereocenters. The summed E-state index contributed by atoms with van der Waals surface area (Å²) in [7, 11) is 0. The summed E-state index contributed by atoms with van der Waals surface area (Å²) in [4.78, 5) is 18.0. The third-order valence-corrected chi connectivity index (χ3v) is 5.44. The number of aromatic amines is 1. The number of likely N-dealkylation sites (tertiary alicyclic amines) is 1. The highest BCUT2D eigenvalue weighted by atomic mass is 35.5. The lowest BCUT2D eigenvalue weighted by Crippen LogP contribution is -2.44. The fourth-order valence-corrected chi connectivity index (χ4v) is 3.88. The predicted molar refractivity (Wildman–Crippen MR) is 98.5 cm³/mol. The lowest BCUT2D eigenvalue weighted by molar-refractivity contribution is 0.0602. The number of hydrogen-bond acceptors (Lipinski definition) is 2. The molecule has 1 spiro atoms. The molecule has 1 aromatic carbocycles. The summed E-state index contributed by atoms with van der Waals surface area (Å²) in [5.41, 5.74) is 3.26.